The number of fused-ring (bicyclic) bond motifs is 1. The van der Waals surface area contributed by atoms with Gasteiger partial charge in [-0.05, 0) is 24.6 Å². The summed E-state index contributed by atoms with van der Waals surface area (Å²) in [6.07, 6.45) is 3.39. The Morgan fingerprint density at radius 1 is 1.38 bits per heavy atom. The van der Waals surface area contributed by atoms with Gasteiger partial charge in [-0.1, -0.05) is 0 Å². The molecule has 3 aromatic rings. The van der Waals surface area contributed by atoms with Gasteiger partial charge in [0.1, 0.15) is 5.52 Å². The molecule has 3 rings (SSSR count). The molecule has 0 aliphatic carbocycles. The highest BCUT2D eigenvalue weighted by Crippen LogP contribution is 2.35. The lowest BCUT2D eigenvalue weighted by atomic mass is 10.0. The van der Waals surface area contributed by atoms with Crippen molar-refractivity contribution in [2.45, 2.75) is 6.92 Å². The Balaban J connectivity index is 2.51. The van der Waals surface area contributed by atoms with Gasteiger partial charge in [0.2, 0.25) is 0 Å². The zero-order valence-corrected chi connectivity index (χ0v) is 11.7. The molecule has 0 aliphatic rings. The van der Waals surface area contributed by atoms with Gasteiger partial charge in [-0.25, -0.2) is 4.98 Å². The molecule has 4 N–H and O–H groups in total. The summed E-state index contributed by atoms with van der Waals surface area (Å²) in [6, 6.07) is 3.51. The molecule has 21 heavy (non-hydrogen) atoms. The number of nitrogens with zero attached hydrogens (tertiary/aromatic N) is 4. The van der Waals surface area contributed by atoms with Gasteiger partial charge in [-0.2, -0.15) is 5.10 Å². The summed E-state index contributed by atoms with van der Waals surface area (Å²) in [5, 5.41) is 4.21. The molecule has 0 aliphatic heterocycles. The van der Waals surface area contributed by atoms with Crippen molar-refractivity contribution in [1.82, 2.24) is 19.7 Å². The molecule has 106 valence electrons. The van der Waals surface area contributed by atoms with E-state index in [9.17, 15) is 4.79 Å². The van der Waals surface area contributed by atoms with Crippen LogP contribution in [0, 0.1) is 6.92 Å². The molecular weight excluding hydrogens is 268 g/mol. The van der Waals surface area contributed by atoms with E-state index in [1.165, 1.54) is 0 Å². The zero-order valence-electron chi connectivity index (χ0n) is 11.7. The maximum atomic E-state index is 11.6. The summed E-state index contributed by atoms with van der Waals surface area (Å²) < 4.78 is 1.69. The molecule has 0 saturated carbocycles. The van der Waals surface area contributed by atoms with Crippen LogP contribution in [0.5, 0.6) is 0 Å². The first-order valence-corrected chi connectivity index (χ1v) is 6.33. The summed E-state index contributed by atoms with van der Waals surface area (Å²) in [5.74, 6) is -0.667. The fourth-order valence-electron chi connectivity index (χ4n) is 2.44. The van der Waals surface area contributed by atoms with Crippen LogP contribution in [0.2, 0.25) is 0 Å². The van der Waals surface area contributed by atoms with Crippen LogP contribution >= 0.6 is 0 Å². The third kappa shape index (κ3) is 1.90. The van der Waals surface area contributed by atoms with E-state index in [4.69, 9.17) is 11.5 Å². The number of aryl methyl sites for hydroxylation is 2. The van der Waals surface area contributed by atoms with Crippen molar-refractivity contribution in [3.63, 3.8) is 0 Å². The zero-order chi connectivity index (χ0) is 15.1. The largest absolute Gasteiger partial charge is 0.396 e. The van der Waals surface area contributed by atoms with E-state index < -0.39 is 5.91 Å². The van der Waals surface area contributed by atoms with E-state index in [0.29, 0.717) is 16.6 Å². The van der Waals surface area contributed by atoms with Crippen LogP contribution in [-0.2, 0) is 7.05 Å². The Bertz CT molecular complexity index is 848. The van der Waals surface area contributed by atoms with E-state index in [1.54, 1.807) is 36.3 Å². The number of aromatic nitrogens is 4. The minimum absolute atomic E-state index is 0.0473. The number of amides is 1. The van der Waals surface area contributed by atoms with E-state index >= 15 is 0 Å². The summed E-state index contributed by atoms with van der Waals surface area (Å²) in [6.45, 7) is 1.92. The van der Waals surface area contributed by atoms with Gasteiger partial charge >= 0.3 is 0 Å². The first-order valence-electron chi connectivity index (χ1n) is 6.33. The lowest BCUT2D eigenvalue weighted by Gasteiger charge is -2.13. The minimum Gasteiger partial charge on any atom is -0.396 e. The van der Waals surface area contributed by atoms with Crippen LogP contribution in [0.15, 0.2) is 24.5 Å². The highest BCUT2D eigenvalue weighted by Gasteiger charge is 2.21. The van der Waals surface area contributed by atoms with E-state index in [-0.39, 0.29) is 11.4 Å². The van der Waals surface area contributed by atoms with E-state index in [2.05, 4.69) is 15.1 Å². The van der Waals surface area contributed by atoms with Gasteiger partial charge in [0.05, 0.1) is 28.7 Å². The molecule has 0 saturated heterocycles. The van der Waals surface area contributed by atoms with Crippen LogP contribution in [0.3, 0.4) is 0 Å². The first-order chi connectivity index (χ1) is 10.0. The van der Waals surface area contributed by atoms with Gasteiger partial charge in [-0.3, -0.25) is 14.5 Å². The molecule has 0 spiro atoms. The summed E-state index contributed by atoms with van der Waals surface area (Å²) in [7, 11) is 1.81. The molecule has 3 heterocycles. The molecule has 0 bridgehead atoms. The predicted molar refractivity (Wildman–Crippen MR) is 79.4 cm³/mol. The van der Waals surface area contributed by atoms with Gasteiger partial charge in [0, 0.05) is 13.2 Å². The SMILES string of the molecule is Cc1cnn(C)c1-c1c(N)c(C(N)=O)nc2cccnc12. The second-order valence-electron chi connectivity index (χ2n) is 4.78. The Morgan fingerprint density at radius 3 is 2.76 bits per heavy atom. The molecule has 3 aromatic heterocycles. The number of anilines is 1. The van der Waals surface area contributed by atoms with Gasteiger partial charge in [0.15, 0.2) is 5.69 Å². The van der Waals surface area contributed by atoms with Crippen LogP contribution < -0.4 is 11.5 Å². The van der Waals surface area contributed by atoms with E-state index in [0.717, 1.165) is 11.3 Å². The number of rotatable bonds is 2. The quantitative estimate of drug-likeness (QED) is 0.728. The Morgan fingerprint density at radius 2 is 2.14 bits per heavy atom. The fourth-order valence-corrected chi connectivity index (χ4v) is 2.44. The highest BCUT2D eigenvalue weighted by atomic mass is 16.1. The van der Waals surface area contributed by atoms with Gasteiger partial charge in [-0.15, -0.1) is 0 Å². The molecule has 0 unspecified atom stereocenters. The van der Waals surface area contributed by atoms with Gasteiger partial charge < -0.3 is 11.5 Å². The second-order valence-corrected chi connectivity index (χ2v) is 4.78. The number of nitrogens with two attached hydrogens (primary N) is 2. The van der Waals surface area contributed by atoms with Crippen LogP contribution in [0.4, 0.5) is 5.69 Å². The molecule has 0 radical (unpaired) electrons. The summed E-state index contributed by atoms with van der Waals surface area (Å²) in [5.41, 5.74) is 15.3. The lowest BCUT2D eigenvalue weighted by Crippen LogP contribution is -2.17. The third-order valence-corrected chi connectivity index (χ3v) is 3.37. The molecule has 0 fully saturated rings. The maximum absolute atomic E-state index is 11.6. The van der Waals surface area contributed by atoms with Crippen molar-refractivity contribution in [3.05, 3.63) is 35.8 Å². The predicted octanol–water partition coefficient (Wildman–Crippen LogP) is 1.02. The molecule has 1 amide bonds. The Labute approximate surface area is 120 Å². The standard InChI is InChI=1S/C14H14N6O/c1-7-6-18-20(2)13(7)9-10(15)12(14(16)21)19-8-4-3-5-17-11(8)9/h3-6H,15H2,1-2H3,(H2,16,21). The second kappa shape index (κ2) is 4.55. The lowest BCUT2D eigenvalue weighted by molar-refractivity contribution is 0.0997. The Kier molecular flexibility index (Phi) is 2.83. The number of carbonyl (C=O) groups excluding carboxylic acids is 1. The van der Waals surface area contributed by atoms with Crippen LogP contribution in [-0.4, -0.2) is 25.7 Å². The topological polar surface area (TPSA) is 113 Å². The number of hydrogen-bond acceptors (Lipinski definition) is 5. The average Bonchev–Trinajstić information content (AvgIpc) is 2.78. The number of nitrogen functional groups attached to an aromatic ring is 1. The molecule has 0 aromatic carbocycles. The number of pyridine rings is 2. The van der Waals surface area contributed by atoms with Crippen LogP contribution in [0.1, 0.15) is 16.1 Å². The first kappa shape index (κ1) is 13.0. The molecule has 7 heteroatoms. The fraction of sp³-hybridized carbons (Fsp3) is 0.143. The van der Waals surface area contributed by atoms with Gasteiger partial charge in [0.25, 0.3) is 5.91 Å². The van der Waals surface area contributed by atoms with Crippen LogP contribution in [0.25, 0.3) is 22.3 Å². The third-order valence-electron chi connectivity index (χ3n) is 3.37. The maximum Gasteiger partial charge on any atom is 0.269 e. The summed E-state index contributed by atoms with van der Waals surface area (Å²) in [4.78, 5) is 20.2. The molecule has 0 atom stereocenters. The van der Waals surface area contributed by atoms with Crippen molar-refractivity contribution in [1.29, 1.82) is 0 Å². The van der Waals surface area contributed by atoms with Crippen molar-refractivity contribution >= 4 is 22.6 Å². The van der Waals surface area contributed by atoms with Crippen molar-refractivity contribution in [2.75, 3.05) is 5.73 Å². The van der Waals surface area contributed by atoms with Crippen molar-refractivity contribution < 1.29 is 4.79 Å². The monoisotopic (exact) mass is 282 g/mol. The number of primary amides is 1. The number of hydrogen-bond donors (Lipinski definition) is 2. The minimum atomic E-state index is -0.667. The average molecular weight is 282 g/mol. The smallest absolute Gasteiger partial charge is 0.269 e. The normalized spacial score (nSPS) is 11.0. The molecular formula is C14H14N6O. The van der Waals surface area contributed by atoms with Crippen molar-refractivity contribution in [2.24, 2.45) is 12.8 Å². The van der Waals surface area contributed by atoms with E-state index in [1.807, 2.05) is 6.92 Å². The highest BCUT2D eigenvalue weighted by molar-refractivity contribution is 6.07. The Hall–Kier alpha value is -2.96. The number of carbonyl (C=O) groups is 1. The summed E-state index contributed by atoms with van der Waals surface area (Å²) >= 11 is 0. The molecule has 7 nitrogen and oxygen atoms in total. The van der Waals surface area contributed by atoms with Crippen molar-refractivity contribution in [3.8, 4) is 11.3 Å².